The average Bonchev–Trinajstić information content (AvgIpc) is 2.25. The van der Waals surface area contributed by atoms with Gasteiger partial charge in [0.2, 0.25) is 0 Å². The highest BCUT2D eigenvalue weighted by Crippen LogP contribution is 2.28. The zero-order valence-electron chi connectivity index (χ0n) is 9.60. The van der Waals surface area contributed by atoms with Crippen molar-refractivity contribution in [3.05, 3.63) is 12.7 Å². The van der Waals surface area contributed by atoms with Crippen LogP contribution >= 0.6 is 0 Å². The molecule has 1 fully saturated rings. The summed E-state index contributed by atoms with van der Waals surface area (Å²) in [4.78, 5) is 0. The van der Waals surface area contributed by atoms with E-state index in [9.17, 15) is 0 Å². The van der Waals surface area contributed by atoms with Crippen molar-refractivity contribution >= 4 is 0 Å². The Labute approximate surface area is 89.0 Å². The van der Waals surface area contributed by atoms with Crippen molar-refractivity contribution in [1.29, 1.82) is 0 Å². The van der Waals surface area contributed by atoms with Gasteiger partial charge in [0.25, 0.3) is 0 Å². The molecule has 1 heteroatoms. The van der Waals surface area contributed by atoms with Gasteiger partial charge in [-0.1, -0.05) is 38.2 Å². The summed E-state index contributed by atoms with van der Waals surface area (Å²) >= 11 is 0. The molecule has 0 saturated heterocycles. The zero-order valence-corrected chi connectivity index (χ0v) is 9.60. The standard InChI is InChI=1S/C13H25N/c1-3-4-10-13(14-2)11-12-8-6-5-7-9-12/h3,12-14H,1,4-11H2,2H3. The topological polar surface area (TPSA) is 12.0 Å². The normalized spacial score (nSPS) is 20.6. The fourth-order valence-electron chi connectivity index (χ4n) is 2.52. The van der Waals surface area contributed by atoms with E-state index in [0.717, 1.165) is 18.4 Å². The lowest BCUT2D eigenvalue weighted by atomic mass is 9.84. The van der Waals surface area contributed by atoms with Gasteiger partial charge in [-0.15, -0.1) is 6.58 Å². The summed E-state index contributed by atoms with van der Waals surface area (Å²) in [5.41, 5.74) is 0. The quantitative estimate of drug-likeness (QED) is 0.640. The SMILES string of the molecule is C=CCCC(CC1CCCCC1)NC. The number of rotatable bonds is 6. The van der Waals surface area contributed by atoms with E-state index in [-0.39, 0.29) is 0 Å². The molecule has 1 N–H and O–H groups in total. The van der Waals surface area contributed by atoms with E-state index in [4.69, 9.17) is 0 Å². The molecule has 82 valence electrons. The molecule has 0 amide bonds. The van der Waals surface area contributed by atoms with E-state index in [1.807, 2.05) is 6.08 Å². The van der Waals surface area contributed by atoms with Crippen molar-refractivity contribution in [3.8, 4) is 0 Å². The number of nitrogens with one attached hydrogen (secondary N) is 1. The van der Waals surface area contributed by atoms with Crippen LogP contribution in [0.5, 0.6) is 0 Å². The Morgan fingerprint density at radius 2 is 2.07 bits per heavy atom. The van der Waals surface area contributed by atoms with Crippen LogP contribution in [-0.2, 0) is 0 Å². The Morgan fingerprint density at radius 1 is 1.36 bits per heavy atom. The maximum Gasteiger partial charge on any atom is 0.00696 e. The summed E-state index contributed by atoms with van der Waals surface area (Å²) in [7, 11) is 2.09. The van der Waals surface area contributed by atoms with E-state index in [1.165, 1.54) is 44.9 Å². The van der Waals surface area contributed by atoms with E-state index in [1.54, 1.807) is 0 Å². The van der Waals surface area contributed by atoms with Gasteiger partial charge in [0.15, 0.2) is 0 Å². The lowest BCUT2D eigenvalue weighted by molar-refractivity contribution is 0.298. The van der Waals surface area contributed by atoms with E-state index in [2.05, 4.69) is 18.9 Å². The van der Waals surface area contributed by atoms with Gasteiger partial charge < -0.3 is 5.32 Å². The van der Waals surface area contributed by atoms with Gasteiger partial charge in [0.05, 0.1) is 0 Å². The van der Waals surface area contributed by atoms with Crippen molar-refractivity contribution in [2.24, 2.45) is 5.92 Å². The fraction of sp³-hybridized carbons (Fsp3) is 0.846. The first-order chi connectivity index (χ1) is 6.86. The Kier molecular flexibility index (Phi) is 5.93. The van der Waals surface area contributed by atoms with Crippen molar-refractivity contribution in [2.75, 3.05) is 7.05 Å². The van der Waals surface area contributed by atoms with E-state index < -0.39 is 0 Å². The van der Waals surface area contributed by atoms with Crippen LogP contribution in [0, 0.1) is 5.92 Å². The summed E-state index contributed by atoms with van der Waals surface area (Å²) < 4.78 is 0. The molecule has 0 spiro atoms. The summed E-state index contributed by atoms with van der Waals surface area (Å²) in [5.74, 6) is 0.992. The molecule has 0 aromatic heterocycles. The first-order valence-electron chi connectivity index (χ1n) is 6.15. The molecule has 0 bridgehead atoms. The summed E-state index contributed by atoms with van der Waals surface area (Å²) in [5, 5.41) is 3.44. The van der Waals surface area contributed by atoms with Gasteiger partial charge in [-0.25, -0.2) is 0 Å². The molecule has 1 nitrogen and oxygen atoms in total. The highest BCUT2D eigenvalue weighted by atomic mass is 14.9. The van der Waals surface area contributed by atoms with Crippen LogP contribution in [0.4, 0.5) is 0 Å². The van der Waals surface area contributed by atoms with E-state index >= 15 is 0 Å². The van der Waals surface area contributed by atoms with Gasteiger partial charge in [0, 0.05) is 6.04 Å². The minimum absolute atomic E-state index is 0.719. The minimum atomic E-state index is 0.719. The smallest absolute Gasteiger partial charge is 0.00696 e. The first kappa shape index (κ1) is 11.8. The summed E-state index contributed by atoms with van der Waals surface area (Å²) in [6.45, 7) is 3.79. The third-order valence-electron chi connectivity index (χ3n) is 3.47. The van der Waals surface area contributed by atoms with Crippen molar-refractivity contribution in [3.63, 3.8) is 0 Å². The molecule has 1 rings (SSSR count). The number of allylic oxidation sites excluding steroid dienone is 1. The molecule has 0 radical (unpaired) electrons. The zero-order chi connectivity index (χ0) is 10.2. The minimum Gasteiger partial charge on any atom is -0.317 e. The number of hydrogen-bond donors (Lipinski definition) is 1. The van der Waals surface area contributed by atoms with E-state index in [0.29, 0.717) is 0 Å². The predicted octanol–water partition coefficient (Wildman–Crippen LogP) is 3.51. The summed E-state index contributed by atoms with van der Waals surface area (Å²) in [6, 6.07) is 0.719. The molecular weight excluding hydrogens is 170 g/mol. The molecule has 14 heavy (non-hydrogen) atoms. The van der Waals surface area contributed by atoms with Crippen LogP contribution in [-0.4, -0.2) is 13.1 Å². The van der Waals surface area contributed by atoms with Crippen molar-refractivity contribution < 1.29 is 0 Å². The van der Waals surface area contributed by atoms with Gasteiger partial charge in [-0.05, 0) is 32.2 Å². The molecule has 0 aromatic carbocycles. The first-order valence-corrected chi connectivity index (χ1v) is 6.15. The second kappa shape index (κ2) is 7.05. The molecule has 0 heterocycles. The highest BCUT2D eigenvalue weighted by molar-refractivity contribution is 4.77. The Hall–Kier alpha value is -0.300. The molecule has 1 saturated carbocycles. The third-order valence-corrected chi connectivity index (χ3v) is 3.47. The molecule has 0 aliphatic heterocycles. The van der Waals surface area contributed by atoms with Crippen LogP contribution in [0.15, 0.2) is 12.7 Å². The van der Waals surface area contributed by atoms with Gasteiger partial charge in [-0.3, -0.25) is 0 Å². The van der Waals surface area contributed by atoms with Gasteiger partial charge >= 0.3 is 0 Å². The Balaban J connectivity index is 2.19. The maximum absolute atomic E-state index is 3.79. The molecule has 1 unspecified atom stereocenters. The van der Waals surface area contributed by atoms with Crippen molar-refractivity contribution in [1.82, 2.24) is 5.32 Å². The van der Waals surface area contributed by atoms with Crippen LogP contribution in [0.3, 0.4) is 0 Å². The second-order valence-electron chi connectivity index (χ2n) is 4.59. The largest absolute Gasteiger partial charge is 0.317 e. The van der Waals surface area contributed by atoms with Gasteiger partial charge in [-0.2, -0.15) is 0 Å². The lowest BCUT2D eigenvalue weighted by Gasteiger charge is -2.26. The molecule has 1 aliphatic rings. The maximum atomic E-state index is 3.79. The molecule has 1 aliphatic carbocycles. The van der Waals surface area contributed by atoms with Crippen LogP contribution < -0.4 is 5.32 Å². The lowest BCUT2D eigenvalue weighted by Crippen LogP contribution is -2.28. The third kappa shape index (κ3) is 4.28. The Morgan fingerprint density at radius 3 is 2.64 bits per heavy atom. The monoisotopic (exact) mass is 195 g/mol. The molecule has 0 aromatic rings. The van der Waals surface area contributed by atoms with Gasteiger partial charge in [0.1, 0.15) is 0 Å². The van der Waals surface area contributed by atoms with Crippen LogP contribution in [0.2, 0.25) is 0 Å². The highest BCUT2D eigenvalue weighted by Gasteiger charge is 2.17. The Bertz CT molecular complexity index is 147. The second-order valence-corrected chi connectivity index (χ2v) is 4.59. The van der Waals surface area contributed by atoms with Crippen LogP contribution in [0.25, 0.3) is 0 Å². The molecular formula is C13H25N. The fourth-order valence-corrected chi connectivity index (χ4v) is 2.52. The van der Waals surface area contributed by atoms with Crippen molar-refractivity contribution in [2.45, 2.75) is 57.4 Å². The predicted molar refractivity (Wildman–Crippen MR) is 63.5 cm³/mol. The van der Waals surface area contributed by atoms with Crippen LogP contribution in [0.1, 0.15) is 51.4 Å². The molecule has 1 atom stereocenters. The average molecular weight is 195 g/mol. The summed E-state index contributed by atoms with van der Waals surface area (Å²) in [6.07, 6.45) is 13.1. The number of hydrogen-bond acceptors (Lipinski definition) is 1.